The minimum Gasteiger partial charge on any atom is -0.469 e. The number of aromatic nitrogens is 1. The third-order valence-corrected chi connectivity index (χ3v) is 3.70. The molecule has 1 aromatic rings. The van der Waals surface area contributed by atoms with Gasteiger partial charge in [-0.1, -0.05) is 18.7 Å². The van der Waals surface area contributed by atoms with Crippen molar-refractivity contribution in [3.05, 3.63) is 11.6 Å². The average Bonchev–Trinajstić information content (AvgIpc) is 2.65. The predicted octanol–water partition coefficient (Wildman–Crippen LogP) is 2.04. The lowest BCUT2D eigenvalue weighted by molar-refractivity contribution is -0.143. The van der Waals surface area contributed by atoms with Crippen LogP contribution in [-0.2, 0) is 9.53 Å². The Kier molecular flexibility index (Phi) is 4.24. The lowest BCUT2D eigenvalue weighted by atomic mass is 10.2. The fraction of sp³-hybridized carbons (Fsp3) is 0.500. The first-order chi connectivity index (χ1) is 6.24. The maximum Gasteiger partial charge on any atom is 0.309 e. The van der Waals surface area contributed by atoms with Gasteiger partial charge in [0, 0.05) is 17.3 Å². The summed E-state index contributed by atoms with van der Waals surface area (Å²) in [7, 11) is 1.41. The predicted molar refractivity (Wildman–Crippen MR) is 54.0 cm³/mol. The Bertz CT molecular complexity index is 261. The quantitative estimate of drug-likeness (QED) is 0.571. The molecule has 0 saturated carbocycles. The summed E-state index contributed by atoms with van der Waals surface area (Å²) in [5.74, 6) is 0.489. The summed E-state index contributed by atoms with van der Waals surface area (Å²) in [6.45, 7) is 1.85. The number of methoxy groups -OCH3 is 1. The molecule has 0 aliphatic heterocycles. The highest BCUT2D eigenvalue weighted by atomic mass is 32.2. The van der Waals surface area contributed by atoms with Gasteiger partial charge in [0.15, 0.2) is 0 Å². The van der Waals surface area contributed by atoms with E-state index in [1.54, 1.807) is 29.3 Å². The summed E-state index contributed by atoms with van der Waals surface area (Å²) in [6, 6.07) is 0. The number of esters is 1. The molecule has 0 aliphatic rings. The molecule has 1 heterocycles. The summed E-state index contributed by atoms with van der Waals surface area (Å²) in [4.78, 5) is 15.1. The Hall–Kier alpha value is -0.550. The highest BCUT2D eigenvalue weighted by molar-refractivity contribution is 8.01. The van der Waals surface area contributed by atoms with Gasteiger partial charge in [-0.3, -0.25) is 4.79 Å². The maximum absolute atomic E-state index is 11.0. The van der Waals surface area contributed by atoms with Crippen LogP contribution in [0.25, 0.3) is 0 Å². The summed E-state index contributed by atoms with van der Waals surface area (Å²) in [5.41, 5.74) is 0. The van der Waals surface area contributed by atoms with Gasteiger partial charge in [-0.15, -0.1) is 11.3 Å². The number of hydrogen-bond donors (Lipinski definition) is 0. The Labute approximate surface area is 85.5 Å². The number of rotatable bonds is 4. The van der Waals surface area contributed by atoms with E-state index in [2.05, 4.69) is 9.72 Å². The Morgan fingerprint density at radius 1 is 1.85 bits per heavy atom. The molecule has 5 heteroatoms. The Morgan fingerprint density at radius 2 is 2.62 bits per heavy atom. The molecule has 1 unspecified atom stereocenters. The molecule has 0 aliphatic carbocycles. The lowest BCUT2D eigenvalue weighted by Gasteiger charge is -2.06. The molecule has 0 N–H and O–H groups in total. The number of thiazole rings is 1. The van der Waals surface area contributed by atoms with Crippen molar-refractivity contribution in [1.29, 1.82) is 0 Å². The molecule has 72 valence electrons. The number of thioether (sulfide) groups is 1. The number of hydrogen-bond acceptors (Lipinski definition) is 5. The highest BCUT2D eigenvalue weighted by Gasteiger charge is 2.13. The molecule has 0 spiro atoms. The molecule has 0 aromatic carbocycles. The van der Waals surface area contributed by atoms with Crippen LogP contribution in [0.15, 0.2) is 15.9 Å². The molecule has 1 atom stereocenters. The van der Waals surface area contributed by atoms with E-state index in [-0.39, 0.29) is 11.9 Å². The number of carbonyl (C=O) groups excluding carboxylic acids is 1. The van der Waals surface area contributed by atoms with Crippen molar-refractivity contribution in [3.63, 3.8) is 0 Å². The molecule has 1 aromatic heterocycles. The van der Waals surface area contributed by atoms with Gasteiger partial charge in [-0.25, -0.2) is 4.98 Å². The van der Waals surface area contributed by atoms with Gasteiger partial charge in [0.05, 0.1) is 13.0 Å². The van der Waals surface area contributed by atoms with Gasteiger partial charge in [0.25, 0.3) is 0 Å². The van der Waals surface area contributed by atoms with E-state index in [1.165, 1.54) is 7.11 Å². The third-order valence-electron chi connectivity index (χ3n) is 1.47. The Morgan fingerprint density at radius 3 is 3.15 bits per heavy atom. The van der Waals surface area contributed by atoms with Crippen molar-refractivity contribution in [2.75, 3.05) is 12.9 Å². The number of carbonyl (C=O) groups is 1. The van der Waals surface area contributed by atoms with Crippen LogP contribution in [0.1, 0.15) is 6.92 Å². The molecule has 0 radical (unpaired) electrons. The maximum atomic E-state index is 11.0. The fourth-order valence-electron chi connectivity index (χ4n) is 0.747. The van der Waals surface area contributed by atoms with Crippen LogP contribution in [0.4, 0.5) is 0 Å². The van der Waals surface area contributed by atoms with Crippen LogP contribution in [-0.4, -0.2) is 23.8 Å². The van der Waals surface area contributed by atoms with E-state index in [0.29, 0.717) is 0 Å². The summed E-state index contributed by atoms with van der Waals surface area (Å²) in [5, 5.41) is 1.92. The van der Waals surface area contributed by atoms with Crippen molar-refractivity contribution in [2.45, 2.75) is 11.3 Å². The first-order valence-electron chi connectivity index (χ1n) is 3.84. The van der Waals surface area contributed by atoms with Crippen molar-refractivity contribution < 1.29 is 9.53 Å². The van der Waals surface area contributed by atoms with E-state index >= 15 is 0 Å². The van der Waals surface area contributed by atoms with Crippen molar-refractivity contribution >= 4 is 29.1 Å². The van der Waals surface area contributed by atoms with Crippen LogP contribution >= 0.6 is 23.1 Å². The van der Waals surface area contributed by atoms with Crippen molar-refractivity contribution in [2.24, 2.45) is 5.92 Å². The normalized spacial score (nSPS) is 12.5. The van der Waals surface area contributed by atoms with Crippen LogP contribution in [0.3, 0.4) is 0 Å². The lowest BCUT2D eigenvalue weighted by Crippen LogP contribution is -2.14. The third kappa shape index (κ3) is 3.36. The fourth-order valence-corrected chi connectivity index (χ4v) is 2.41. The van der Waals surface area contributed by atoms with Crippen molar-refractivity contribution in [3.8, 4) is 0 Å². The molecule has 13 heavy (non-hydrogen) atoms. The molecule has 0 fully saturated rings. The second-order valence-corrected chi connectivity index (χ2v) is 4.69. The van der Waals surface area contributed by atoms with E-state index in [1.807, 2.05) is 12.3 Å². The van der Waals surface area contributed by atoms with Gasteiger partial charge < -0.3 is 4.74 Å². The molecule has 0 bridgehead atoms. The smallest absolute Gasteiger partial charge is 0.309 e. The zero-order valence-corrected chi connectivity index (χ0v) is 9.15. The van der Waals surface area contributed by atoms with E-state index in [0.717, 1.165) is 10.1 Å². The first-order valence-corrected chi connectivity index (χ1v) is 5.70. The zero-order valence-electron chi connectivity index (χ0n) is 7.52. The largest absolute Gasteiger partial charge is 0.469 e. The summed E-state index contributed by atoms with van der Waals surface area (Å²) >= 11 is 3.17. The molecular formula is C8H11NO2S2. The summed E-state index contributed by atoms with van der Waals surface area (Å²) < 4.78 is 5.61. The van der Waals surface area contributed by atoms with E-state index in [9.17, 15) is 4.79 Å². The van der Waals surface area contributed by atoms with Crippen LogP contribution in [0.2, 0.25) is 0 Å². The standard InChI is InChI=1S/C8H11NO2S2/c1-6(7(10)11-2)5-13-8-9-3-4-12-8/h3-4,6H,5H2,1-2H3. The number of ether oxygens (including phenoxy) is 1. The molecule has 0 amide bonds. The van der Waals surface area contributed by atoms with Crippen LogP contribution < -0.4 is 0 Å². The molecule has 0 saturated heterocycles. The minimum atomic E-state index is -0.163. The monoisotopic (exact) mass is 217 g/mol. The van der Waals surface area contributed by atoms with Gasteiger partial charge in [-0.05, 0) is 0 Å². The molecule has 3 nitrogen and oxygen atoms in total. The second-order valence-electron chi connectivity index (χ2n) is 2.53. The van der Waals surface area contributed by atoms with Gasteiger partial charge in [0.1, 0.15) is 4.34 Å². The van der Waals surface area contributed by atoms with Crippen molar-refractivity contribution in [1.82, 2.24) is 4.98 Å². The SMILES string of the molecule is COC(=O)C(C)CSc1nccs1. The van der Waals surface area contributed by atoms with E-state index < -0.39 is 0 Å². The molecular weight excluding hydrogens is 206 g/mol. The highest BCUT2D eigenvalue weighted by Crippen LogP contribution is 2.22. The van der Waals surface area contributed by atoms with Gasteiger partial charge in [0.2, 0.25) is 0 Å². The van der Waals surface area contributed by atoms with Gasteiger partial charge in [-0.2, -0.15) is 0 Å². The first kappa shape index (κ1) is 10.5. The molecule has 1 rings (SSSR count). The minimum absolute atomic E-state index is 0.0705. The summed E-state index contributed by atoms with van der Waals surface area (Å²) in [6.07, 6.45) is 1.76. The van der Waals surface area contributed by atoms with Gasteiger partial charge >= 0.3 is 5.97 Å². The van der Waals surface area contributed by atoms with E-state index in [4.69, 9.17) is 0 Å². The van der Waals surface area contributed by atoms with Crippen LogP contribution in [0, 0.1) is 5.92 Å². The van der Waals surface area contributed by atoms with Crippen LogP contribution in [0.5, 0.6) is 0 Å². The average molecular weight is 217 g/mol. The Balaban J connectivity index is 2.30. The zero-order chi connectivity index (χ0) is 9.68. The topological polar surface area (TPSA) is 39.2 Å². The second kappa shape index (κ2) is 5.24. The number of nitrogens with zero attached hydrogens (tertiary/aromatic N) is 1.